The van der Waals surface area contributed by atoms with E-state index >= 15 is 0 Å². The maximum Gasteiger partial charge on any atom is 0.335 e. The Morgan fingerprint density at radius 1 is 1.35 bits per heavy atom. The molecule has 0 aromatic heterocycles. The molecule has 0 aliphatic carbocycles. The minimum Gasteiger partial charge on any atom is -0.478 e. The number of hydrogen-bond acceptors (Lipinski definition) is 4. The second kappa shape index (κ2) is 5.56. The number of nitrogens with one attached hydrogen (secondary N) is 1. The third-order valence-corrected chi connectivity index (χ3v) is 3.30. The molecule has 0 bridgehead atoms. The fourth-order valence-electron chi connectivity index (χ4n) is 1.96. The number of anilines is 1. The summed E-state index contributed by atoms with van der Waals surface area (Å²) in [6.45, 7) is 0.725. The first kappa shape index (κ1) is 14.4. The second-order valence-electron chi connectivity index (χ2n) is 4.72. The summed E-state index contributed by atoms with van der Waals surface area (Å²) in [5.74, 6) is -2.45. The predicted octanol–water partition coefficient (Wildman–Crippen LogP) is 0.970. The van der Waals surface area contributed by atoms with Gasteiger partial charge in [-0.05, 0) is 31.0 Å². The third kappa shape index (κ3) is 2.94. The topological polar surface area (TPSA) is 102 Å². The van der Waals surface area contributed by atoms with Crippen molar-refractivity contribution in [3.63, 3.8) is 0 Å². The molecule has 20 heavy (non-hydrogen) atoms. The molecule has 0 saturated carbocycles. The van der Waals surface area contributed by atoms with E-state index in [0.29, 0.717) is 26.1 Å². The molecule has 0 spiro atoms. The molecule has 2 rings (SSSR count). The van der Waals surface area contributed by atoms with E-state index in [-0.39, 0.29) is 11.3 Å². The van der Waals surface area contributed by atoms with Crippen molar-refractivity contribution in [3.05, 3.63) is 29.6 Å². The highest BCUT2D eigenvalue weighted by molar-refractivity contribution is 5.99. The number of halogens is 1. The molecule has 0 radical (unpaired) electrons. The van der Waals surface area contributed by atoms with Crippen molar-refractivity contribution in [2.45, 2.75) is 18.4 Å². The standard InChI is InChI=1S/C13H15FN2O4/c14-9-2-1-8(11(17)18)7-10(9)16-12(19)13(15)3-5-20-6-4-13/h1-2,7H,3-6,15H2,(H,16,19)(H,17,18). The predicted molar refractivity (Wildman–Crippen MR) is 69.0 cm³/mol. The zero-order valence-electron chi connectivity index (χ0n) is 10.7. The van der Waals surface area contributed by atoms with Crippen LogP contribution in [-0.4, -0.2) is 35.7 Å². The number of carboxylic acids is 1. The minimum atomic E-state index is -1.20. The fraction of sp³-hybridized carbons (Fsp3) is 0.385. The van der Waals surface area contributed by atoms with Gasteiger partial charge in [0.15, 0.2) is 0 Å². The van der Waals surface area contributed by atoms with Crippen molar-refractivity contribution in [2.24, 2.45) is 5.73 Å². The van der Waals surface area contributed by atoms with Gasteiger partial charge in [0, 0.05) is 13.2 Å². The van der Waals surface area contributed by atoms with E-state index in [1.54, 1.807) is 0 Å². The first-order valence-electron chi connectivity index (χ1n) is 6.13. The molecule has 1 saturated heterocycles. The summed E-state index contributed by atoms with van der Waals surface area (Å²) in [5.41, 5.74) is 4.55. The quantitative estimate of drug-likeness (QED) is 0.766. The number of carbonyl (C=O) groups is 2. The summed E-state index contributed by atoms with van der Waals surface area (Å²) >= 11 is 0. The molecule has 1 aromatic rings. The number of ether oxygens (including phenoxy) is 1. The molecule has 1 aliphatic rings. The summed E-state index contributed by atoms with van der Waals surface area (Å²) in [6.07, 6.45) is 0.665. The summed E-state index contributed by atoms with van der Waals surface area (Å²) < 4.78 is 18.7. The highest BCUT2D eigenvalue weighted by atomic mass is 19.1. The van der Waals surface area contributed by atoms with Crippen LogP contribution in [-0.2, 0) is 9.53 Å². The third-order valence-electron chi connectivity index (χ3n) is 3.30. The van der Waals surface area contributed by atoms with Gasteiger partial charge in [-0.2, -0.15) is 0 Å². The molecule has 0 unspecified atom stereocenters. The van der Waals surface area contributed by atoms with E-state index in [2.05, 4.69) is 5.32 Å². The zero-order valence-corrected chi connectivity index (χ0v) is 10.7. The Morgan fingerprint density at radius 3 is 2.60 bits per heavy atom. The first-order chi connectivity index (χ1) is 9.42. The summed E-state index contributed by atoms with van der Waals surface area (Å²) in [6, 6.07) is 3.18. The maximum atomic E-state index is 13.6. The molecule has 1 heterocycles. The van der Waals surface area contributed by atoms with Crippen molar-refractivity contribution in [1.82, 2.24) is 0 Å². The normalized spacial score (nSPS) is 17.5. The van der Waals surface area contributed by atoms with Crippen LogP contribution in [0.15, 0.2) is 18.2 Å². The van der Waals surface area contributed by atoms with Crippen LogP contribution in [0.4, 0.5) is 10.1 Å². The number of carboxylic acid groups (broad SMARTS) is 1. The minimum absolute atomic E-state index is 0.111. The molecule has 0 atom stereocenters. The van der Waals surface area contributed by atoms with Gasteiger partial charge in [-0.25, -0.2) is 9.18 Å². The molecule has 1 aromatic carbocycles. The Morgan fingerprint density at radius 2 is 2.00 bits per heavy atom. The van der Waals surface area contributed by atoms with Crippen LogP contribution < -0.4 is 11.1 Å². The highest BCUT2D eigenvalue weighted by Crippen LogP contribution is 2.22. The van der Waals surface area contributed by atoms with E-state index in [0.717, 1.165) is 18.2 Å². The number of hydrogen-bond donors (Lipinski definition) is 3. The van der Waals surface area contributed by atoms with Gasteiger partial charge in [0.2, 0.25) is 5.91 Å². The molecule has 108 valence electrons. The monoisotopic (exact) mass is 282 g/mol. The zero-order chi connectivity index (χ0) is 14.8. The molecule has 1 amide bonds. The van der Waals surface area contributed by atoms with Gasteiger partial charge in [0.05, 0.1) is 11.3 Å². The summed E-state index contributed by atoms with van der Waals surface area (Å²) in [4.78, 5) is 23.0. The SMILES string of the molecule is NC1(C(=O)Nc2cc(C(=O)O)ccc2F)CCOCC1. The fourth-order valence-corrected chi connectivity index (χ4v) is 1.96. The van der Waals surface area contributed by atoms with Crippen LogP contribution in [0, 0.1) is 5.82 Å². The van der Waals surface area contributed by atoms with Crippen LogP contribution >= 0.6 is 0 Å². The van der Waals surface area contributed by atoms with E-state index in [4.69, 9.17) is 15.6 Å². The number of carbonyl (C=O) groups excluding carboxylic acids is 1. The number of amides is 1. The van der Waals surface area contributed by atoms with Crippen LogP contribution in [0.2, 0.25) is 0 Å². The van der Waals surface area contributed by atoms with Crippen molar-refractivity contribution in [1.29, 1.82) is 0 Å². The number of aromatic carboxylic acids is 1. The van der Waals surface area contributed by atoms with Gasteiger partial charge < -0.3 is 20.9 Å². The lowest BCUT2D eigenvalue weighted by Crippen LogP contribution is -2.54. The van der Waals surface area contributed by atoms with E-state index in [9.17, 15) is 14.0 Å². The lowest BCUT2D eigenvalue weighted by atomic mass is 9.90. The van der Waals surface area contributed by atoms with Crippen molar-refractivity contribution >= 4 is 17.6 Å². The molecular weight excluding hydrogens is 267 g/mol. The van der Waals surface area contributed by atoms with Gasteiger partial charge >= 0.3 is 5.97 Å². The Balaban J connectivity index is 2.18. The molecule has 1 aliphatic heterocycles. The number of benzene rings is 1. The molecule has 4 N–H and O–H groups in total. The largest absolute Gasteiger partial charge is 0.478 e. The lowest BCUT2D eigenvalue weighted by Gasteiger charge is -2.31. The molecule has 1 fully saturated rings. The van der Waals surface area contributed by atoms with E-state index in [1.165, 1.54) is 0 Å². The van der Waals surface area contributed by atoms with Crippen LogP contribution in [0.3, 0.4) is 0 Å². The Bertz CT molecular complexity index is 541. The van der Waals surface area contributed by atoms with Gasteiger partial charge in [-0.15, -0.1) is 0 Å². The second-order valence-corrected chi connectivity index (χ2v) is 4.72. The lowest BCUT2D eigenvalue weighted by molar-refractivity contribution is -0.124. The smallest absolute Gasteiger partial charge is 0.335 e. The molecule has 7 heteroatoms. The summed E-state index contributed by atoms with van der Waals surface area (Å²) in [5, 5.41) is 11.2. The van der Waals surface area contributed by atoms with Gasteiger partial charge in [0.1, 0.15) is 11.4 Å². The van der Waals surface area contributed by atoms with Gasteiger partial charge in [-0.3, -0.25) is 4.79 Å². The van der Waals surface area contributed by atoms with Crippen LogP contribution in [0.25, 0.3) is 0 Å². The number of nitrogens with two attached hydrogens (primary N) is 1. The Hall–Kier alpha value is -1.99. The van der Waals surface area contributed by atoms with Crippen molar-refractivity contribution in [2.75, 3.05) is 18.5 Å². The van der Waals surface area contributed by atoms with Crippen molar-refractivity contribution < 1.29 is 23.8 Å². The average molecular weight is 282 g/mol. The van der Waals surface area contributed by atoms with E-state index < -0.39 is 23.2 Å². The van der Waals surface area contributed by atoms with Crippen molar-refractivity contribution in [3.8, 4) is 0 Å². The Labute approximate surface area is 114 Å². The average Bonchev–Trinajstić information content (AvgIpc) is 2.41. The molecule has 6 nitrogen and oxygen atoms in total. The number of rotatable bonds is 3. The van der Waals surface area contributed by atoms with E-state index in [1.807, 2.05) is 0 Å². The van der Waals surface area contributed by atoms with Crippen LogP contribution in [0.5, 0.6) is 0 Å². The summed E-state index contributed by atoms with van der Waals surface area (Å²) in [7, 11) is 0. The Kier molecular flexibility index (Phi) is 4.01. The van der Waals surface area contributed by atoms with Gasteiger partial charge in [0.25, 0.3) is 0 Å². The highest BCUT2D eigenvalue weighted by Gasteiger charge is 2.36. The molecular formula is C13H15FN2O4. The maximum absolute atomic E-state index is 13.6. The van der Waals surface area contributed by atoms with Gasteiger partial charge in [-0.1, -0.05) is 0 Å². The van der Waals surface area contributed by atoms with Crippen LogP contribution in [0.1, 0.15) is 23.2 Å². The first-order valence-corrected chi connectivity index (χ1v) is 6.13.